The summed E-state index contributed by atoms with van der Waals surface area (Å²) in [5.74, 6) is 0.0424. The van der Waals surface area contributed by atoms with Crippen molar-refractivity contribution in [3.05, 3.63) is 57.4 Å². The van der Waals surface area contributed by atoms with Gasteiger partial charge < -0.3 is 5.73 Å². The number of nitrogens with two attached hydrogens (primary N) is 1. The van der Waals surface area contributed by atoms with E-state index in [1.54, 1.807) is 18.2 Å². The van der Waals surface area contributed by atoms with Crippen molar-refractivity contribution in [3.63, 3.8) is 0 Å². The van der Waals surface area contributed by atoms with E-state index in [1.165, 1.54) is 10.6 Å². The van der Waals surface area contributed by atoms with E-state index < -0.39 is 5.56 Å². The Morgan fingerprint density at radius 2 is 1.79 bits per heavy atom. The highest BCUT2D eigenvalue weighted by Crippen LogP contribution is 2.18. The summed E-state index contributed by atoms with van der Waals surface area (Å²) in [6.45, 7) is 1.83. The van der Waals surface area contributed by atoms with Crippen molar-refractivity contribution < 1.29 is 0 Å². The van der Waals surface area contributed by atoms with E-state index in [4.69, 9.17) is 16.3 Å². The molecule has 0 unspecified atom stereocenters. The fourth-order valence-electron chi connectivity index (χ4n) is 1.85. The minimum absolute atomic E-state index is 0.0424. The molecule has 0 radical (unpaired) electrons. The third kappa shape index (κ3) is 1.94. The summed E-state index contributed by atoms with van der Waals surface area (Å²) >= 11 is 0. The molecule has 0 bridgehead atoms. The third-order valence-corrected chi connectivity index (χ3v) is 2.84. The maximum absolute atomic E-state index is 12.2. The number of nitriles is 2. The van der Waals surface area contributed by atoms with Crippen LogP contribution >= 0.6 is 0 Å². The van der Waals surface area contributed by atoms with E-state index in [0.717, 1.165) is 5.56 Å². The fraction of sp³-hybridized carbons (Fsp3) is 0.0714. The first-order valence-corrected chi connectivity index (χ1v) is 5.52. The molecule has 5 nitrogen and oxygen atoms in total. The van der Waals surface area contributed by atoms with Gasteiger partial charge in [-0.2, -0.15) is 10.5 Å². The number of nitrogen functional groups attached to an aromatic ring is 1. The van der Waals surface area contributed by atoms with Gasteiger partial charge in [-0.1, -0.05) is 18.2 Å². The van der Waals surface area contributed by atoms with Gasteiger partial charge in [-0.25, -0.2) is 0 Å². The maximum Gasteiger partial charge on any atom is 0.274 e. The topological polar surface area (TPSA) is 95.6 Å². The van der Waals surface area contributed by atoms with E-state index in [2.05, 4.69) is 0 Å². The molecule has 19 heavy (non-hydrogen) atoms. The molecule has 5 heteroatoms. The number of para-hydroxylation sites is 1. The Balaban J connectivity index is 2.93. The van der Waals surface area contributed by atoms with Crippen LogP contribution in [0.4, 0.5) is 5.82 Å². The number of hydrogen-bond acceptors (Lipinski definition) is 4. The first-order valence-electron chi connectivity index (χ1n) is 5.52. The lowest BCUT2D eigenvalue weighted by molar-refractivity contribution is 0.979. The van der Waals surface area contributed by atoms with Crippen LogP contribution < -0.4 is 11.3 Å². The molecule has 2 aromatic rings. The van der Waals surface area contributed by atoms with Crippen molar-refractivity contribution in [1.82, 2.24) is 4.57 Å². The Morgan fingerprint density at radius 1 is 1.16 bits per heavy atom. The molecule has 0 spiro atoms. The predicted molar refractivity (Wildman–Crippen MR) is 70.6 cm³/mol. The number of anilines is 1. The van der Waals surface area contributed by atoms with Crippen LogP contribution in [0.2, 0.25) is 0 Å². The molecule has 0 amide bonds. The molecule has 2 N–H and O–H groups in total. The van der Waals surface area contributed by atoms with Crippen LogP contribution in [0.5, 0.6) is 0 Å². The van der Waals surface area contributed by atoms with Gasteiger partial charge in [0.1, 0.15) is 23.5 Å². The molecule has 0 fully saturated rings. The van der Waals surface area contributed by atoms with Crippen LogP contribution in [0.15, 0.2) is 35.1 Å². The molecule has 1 aromatic carbocycles. The van der Waals surface area contributed by atoms with Gasteiger partial charge in [0.2, 0.25) is 0 Å². The molecule has 0 aliphatic rings. The van der Waals surface area contributed by atoms with Gasteiger partial charge in [0.05, 0.1) is 11.3 Å². The van der Waals surface area contributed by atoms with Gasteiger partial charge >= 0.3 is 0 Å². The van der Waals surface area contributed by atoms with Crippen molar-refractivity contribution in [1.29, 1.82) is 10.5 Å². The van der Waals surface area contributed by atoms with Crippen molar-refractivity contribution in [2.45, 2.75) is 6.92 Å². The van der Waals surface area contributed by atoms with Gasteiger partial charge in [-0.15, -0.1) is 0 Å². The molecule has 0 aliphatic heterocycles. The maximum atomic E-state index is 12.2. The van der Waals surface area contributed by atoms with E-state index in [0.29, 0.717) is 5.69 Å². The van der Waals surface area contributed by atoms with E-state index >= 15 is 0 Å². The standard InChI is InChI=1S/C14H10N4O/c1-9-4-2-3-5-12(9)18-13(17)10(7-15)6-11(8-16)14(18)19/h2-6H,17H2,1H3. The van der Waals surface area contributed by atoms with Crippen molar-refractivity contribution >= 4 is 5.82 Å². The van der Waals surface area contributed by atoms with Gasteiger partial charge in [0.25, 0.3) is 5.56 Å². The number of benzene rings is 1. The summed E-state index contributed by atoms with van der Waals surface area (Å²) in [4.78, 5) is 12.2. The van der Waals surface area contributed by atoms with Gasteiger partial charge in [-0.3, -0.25) is 9.36 Å². The highest BCUT2D eigenvalue weighted by Gasteiger charge is 2.14. The largest absolute Gasteiger partial charge is 0.384 e. The van der Waals surface area contributed by atoms with E-state index in [9.17, 15) is 4.79 Å². The molecule has 0 atom stereocenters. The summed E-state index contributed by atoms with van der Waals surface area (Å²) < 4.78 is 1.20. The second kappa shape index (κ2) is 4.67. The Kier molecular flexibility index (Phi) is 3.05. The van der Waals surface area contributed by atoms with Crippen LogP contribution in [-0.4, -0.2) is 4.57 Å². The zero-order valence-corrected chi connectivity index (χ0v) is 10.2. The molecule has 0 aliphatic carbocycles. The molecule has 2 rings (SSSR count). The predicted octanol–water partition coefficient (Wildman–Crippen LogP) is 1.47. The SMILES string of the molecule is Cc1ccccc1-n1c(N)c(C#N)cc(C#N)c1=O. The van der Waals surface area contributed by atoms with Crippen LogP contribution in [-0.2, 0) is 0 Å². The lowest BCUT2D eigenvalue weighted by Gasteiger charge is -2.13. The zero-order valence-electron chi connectivity index (χ0n) is 10.2. The van der Waals surface area contributed by atoms with Crippen LogP contribution in [0.1, 0.15) is 16.7 Å². The first-order chi connectivity index (χ1) is 9.10. The summed E-state index contributed by atoms with van der Waals surface area (Å²) in [5, 5.41) is 18.0. The molecule has 1 heterocycles. The number of aryl methyl sites for hydroxylation is 1. The minimum atomic E-state index is -0.520. The van der Waals surface area contributed by atoms with E-state index in [1.807, 2.05) is 25.1 Å². The van der Waals surface area contributed by atoms with Crippen LogP contribution in [0.25, 0.3) is 5.69 Å². The molecule has 0 saturated carbocycles. The second-order valence-corrected chi connectivity index (χ2v) is 4.01. The zero-order chi connectivity index (χ0) is 14.0. The lowest BCUT2D eigenvalue weighted by atomic mass is 10.1. The smallest absolute Gasteiger partial charge is 0.274 e. The second-order valence-electron chi connectivity index (χ2n) is 4.01. The first kappa shape index (κ1) is 12.4. The average Bonchev–Trinajstić information content (AvgIpc) is 2.41. The molecular weight excluding hydrogens is 240 g/mol. The van der Waals surface area contributed by atoms with E-state index in [-0.39, 0.29) is 16.9 Å². The quantitative estimate of drug-likeness (QED) is 0.828. The van der Waals surface area contributed by atoms with Crippen molar-refractivity contribution in [3.8, 4) is 17.8 Å². The van der Waals surface area contributed by atoms with Gasteiger partial charge in [0, 0.05) is 0 Å². The number of nitrogens with zero attached hydrogens (tertiary/aromatic N) is 3. The Bertz CT molecular complexity index is 791. The number of hydrogen-bond donors (Lipinski definition) is 1. The summed E-state index contributed by atoms with van der Waals surface area (Å²) in [7, 11) is 0. The number of pyridine rings is 1. The van der Waals surface area contributed by atoms with Crippen molar-refractivity contribution in [2.24, 2.45) is 0 Å². The minimum Gasteiger partial charge on any atom is -0.384 e. The number of rotatable bonds is 1. The highest BCUT2D eigenvalue weighted by molar-refractivity contribution is 5.58. The molecular formula is C14H10N4O. The number of aromatic nitrogens is 1. The Labute approximate surface area is 109 Å². The fourth-order valence-corrected chi connectivity index (χ4v) is 1.85. The van der Waals surface area contributed by atoms with Crippen LogP contribution in [0, 0.1) is 29.6 Å². The summed E-state index contributed by atoms with van der Waals surface area (Å²) in [5.41, 5.74) is 6.74. The highest BCUT2D eigenvalue weighted by atomic mass is 16.1. The molecule has 0 saturated heterocycles. The monoisotopic (exact) mass is 250 g/mol. The lowest BCUT2D eigenvalue weighted by Crippen LogP contribution is -2.25. The van der Waals surface area contributed by atoms with Gasteiger partial charge in [-0.05, 0) is 24.6 Å². The Hall–Kier alpha value is -3.05. The average molecular weight is 250 g/mol. The summed E-state index contributed by atoms with van der Waals surface area (Å²) in [6, 6.07) is 12.0. The van der Waals surface area contributed by atoms with Crippen LogP contribution in [0.3, 0.4) is 0 Å². The van der Waals surface area contributed by atoms with Crippen molar-refractivity contribution in [2.75, 3.05) is 5.73 Å². The Morgan fingerprint density at radius 3 is 2.37 bits per heavy atom. The third-order valence-electron chi connectivity index (χ3n) is 2.84. The van der Waals surface area contributed by atoms with Gasteiger partial charge in [0.15, 0.2) is 0 Å². The molecule has 92 valence electrons. The molecule has 1 aromatic heterocycles. The summed E-state index contributed by atoms with van der Waals surface area (Å²) in [6.07, 6.45) is 0. The normalized spacial score (nSPS) is 9.63.